The second-order valence-electron chi connectivity index (χ2n) is 3.14. The number of thioether (sulfide) groups is 1. The van der Waals surface area contributed by atoms with Gasteiger partial charge in [0.15, 0.2) is 0 Å². The van der Waals surface area contributed by atoms with Crippen molar-refractivity contribution in [2.75, 3.05) is 12.3 Å². The molecule has 92 valence electrons. The summed E-state index contributed by atoms with van der Waals surface area (Å²) in [4.78, 5) is 31.7. The first-order chi connectivity index (χ1) is 7.43. The maximum absolute atomic E-state index is 11.1. The molecule has 6 nitrogen and oxygen atoms in total. The minimum atomic E-state index is -0.955. The topological polar surface area (TPSA) is 104 Å². The zero-order valence-electron chi connectivity index (χ0n) is 8.93. The van der Waals surface area contributed by atoms with Crippen LogP contribution < -0.4 is 5.32 Å². The Kier molecular flexibility index (Phi) is 7.36. The van der Waals surface area contributed by atoms with Crippen molar-refractivity contribution < 1.29 is 24.6 Å². The maximum atomic E-state index is 11.1. The standard InChI is InChI=1S/C9H15NO5S/c1-6(9(14)15)16-5-7(11)10-4-2-3-8(12)13/h6H,2-5H2,1H3,(H,10,11)(H,12,13)(H,14,15). The zero-order chi connectivity index (χ0) is 12.6. The highest BCUT2D eigenvalue weighted by Crippen LogP contribution is 2.09. The van der Waals surface area contributed by atoms with E-state index in [9.17, 15) is 14.4 Å². The van der Waals surface area contributed by atoms with Gasteiger partial charge < -0.3 is 15.5 Å². The Hall–Kier alpha value is -1.24. The molecular weight excluding hydrogens is 234 g/mol. The van der Waals surface area contributed by atoms with E-state index in [4.69, 9.17) is 10.2 Å². The monoisotopic (exact) mass is 249 g/mol. The van der Waals surface area contributed by atoms with Gasteiger partial charge in [-0.1, -0.05) is 0 Å². The zero-order valence-corrected chi connectivity index (χ0v) is 9.75. The Morgan fingerprint density at radius 1 is 1.31 bits per heavy atom. The smallest absolute Gasteiger partial charge is 0.316 e. The Morgan fingerprint density at radius 2 is 1.94 bits per heavy atom. The SMILES string of the molecule is CC(SCC(=O)NCCCC(=O)O)C(=O)O. The molecule has 1 atom stereocenters. The van der Waals surface area contributed by atoms with E-state index in [0.29, 0.717) is 13.0 Å². The average Bonchev–Trinajstić information content (AvgIpc) is 2.20. The third-order valence-electron chi connectivity index (χ3n) is 1.70. The van der Waals surface area contributed by atoms with Crippen molar-refractivity contribution in [3.05, 3.63) is 0 Å². The van der Waals surface area contributed by atoms with E-state index >= 15 is 0 Å². The highest BCUT2D eigenvalue weighted by molar-refractivity contribution is 8.01. The fraction of sp³-hybridized carbons (Fsp3) is 0.667. The normalized spacial score (nSPS) is 11.8. The van der Waals surface area contributed by atoms with E-state index in [0.717, 1.165) is 11.8 Å². The van der Waals surface area contributed by atoms with E-state index in [1.165, 1.54) is 6.92 Å². The second kappa shape index (κ2) is 7.98. The summed E-state index contributed by atoms with van der Waals surface area (Å²) in [7, 11) is 0. The Morgan fingerprint density at radius 3 is 2.44 bits per heavy atom. The number of amides is 1. The van der Waals surface area contributed by atoms with Crippen molar-refractivity contribution in [2.24, 2.45) is 0 Å². The van der Waals surface area contributed by atoms with Gasteiger partial charge >= 0.3 is 11.9 Å². The summed E-state index contributed by atoms with van der Waals surface area (Å²) in [5.41, 5.74) is 0. The second-order valence-corrected chi connectivity index (χ2v) is 4.47. The third-order valence-corrected chi connectivity index (χ3v) is 2.83. The van der Waals surface area contributed by atoms with E-state index in [1.807, 2.05) is 0 Å². The van der Waals surface area contributed by atoms with Gasteiger partial charge in [-0.3, -0.25) is 14.4 Å². The molecule has 16 heavy (non-hydrogen) atoms. The molecule has 7 heteroatoms. The van der Waals surface area contributed by atoms with Gasteiger partial charge in [-0.15, -0.1) is 11.8 Å². The fourth-order valence-corrected chi connectivity index (χ4v) is 1.44. The first-order valence-corrected chi connectivity index (χ1v) is 5.81. The number of hydrogen-bond acceptors (Lipinski definition) is 4. The number of carboxylic acid groups (broad SMARTS) is 2. The number of carbonyl (C=O) groups excluding carboxylic acids is 1. The molecule has 1 unspecified atom stereocenters. The minimum absolute atomic E-state index is 0.0128. The number of aliphatic carboxylic acids is 2. The summed E-state index contributed by atoms with van der Waals surface area (Å²) >= 11 is 1.03. The quantitative estimate of drug-likeness (QED) is 0.530. The van der Waals surface area contributed by atoms with E-state index in [1.54, 1.807) is 0 Å². The summed E-state index contributed by atoms with van der Waals surface area (Å²) in [5.74, 6) is -2.06. The van der Waals surface area contributed by atoms with Crippen LogP contribution in [0.25, 0.3) is 0 Å². The van der Waals surface area contributed by atoms with Crippen molar-refractivity contribution in [2.45, 2.75) is 25.0 Å². The molecule has 0 fully saturated rings. The number of carbonyl (C=O) groups is 3. The largest absolute Gasteiger partial charge is 0.481 e. The van der Waals surface area contributed by atoms with E-state index in [2.05, 4.69) is 5.32 Å². The van der Waals surface area contributed by atoms with Crippen LogP contribution in [0.5, 0.6) is 0 Å². The van der Waals surface area contributed by atoms with E-state index < -0.39 is 17.2 Å². The Bertz CT molecular complexity index is 269. The average molecular weight is 249 g/mol. The lowest BCUT2D eigenvalue weighted by Crippen LogP contribution is -2.28. The van der Waals surface area contributed by atoms with E-state index in [-0.39, 0.29) is 18.1 Å². The van der Waals surface area contributed by atoms with Crippen LogP contribution >= 0.6 is 11.8 Å². The summed E-state index contributed by atoms with van der Waals surface area (Å²) in [6, 6.07) is 0. The molecule has 0 heterocycles. The van der Waals surface area contributed by atoms with Crippen LogP contribution in [0.4, 0.5) is 0 Å². The molecule has 0 saturated heterocycles. The highest BCUT2D eigenvalue weighted by Gasteiger charge is 2.13. The van der Waals surface area contributed by atoms with Gasteiger partial charge in [0.1, 0.15) is 0 Å². The molecule has 0 bridgehead atoms. The Labute approximate surface area is 97.4 Å². The molecule has 0 spiro atoms. The summed E-state index contributed by atoms with van der Waals surface area (Å²) in [6.07, 6.45) is 0.388. The van der Waals surface area contributed by atoms with Gasteiger partial charge in [-0.2, -0.15) is 0 Å². The first-order valence-electron chi connectivity index (χ1n) is 4.76. The number of nitrogens with one attached hydrogen (secondary N) is 1. The van der Waals surface area contributed by atoms with Crippen LogP contribution in [-0.2, 0) is 14.4 Å². The van der Waals surface area contributed by atoms with Crippen molar-refractivity contribution in [1.82, 2.24) is 5.32 Å². The van der Waals surface area contributed by atoms with Crippen LogP contribution in [-0.4, -0.2) is 45.6 Å². The predicted molar refractivity (Wildman–Crippen MR) is 59.4 cm³/mol. The summed E-state index contributed by atoms with van der Waals surface area (Å²) < 4.78 is 0. The number of hydrogen-bond donors (Lipinski definition) is 3. The molecule has 0 aromatic carbocycles. The Balaban J connectivity index is 3.52. The molecule has 0 aromatic heterocycles. The number of carboxylic acids is 2. The molecular formula is C9H15NO5S. The molecule has 0 aliphatic heterocycles. The van der Waals surface area contributed by atoms with Gasteiger partial charge in [0.25, 0.3) is 0 Å². The van der Waals surface area contributed by atoms with Crippen molar-refractivity contribution in [3.63, 3.8) is 0 Å². The molecule has 0 rings (SSSR count). The fourth-order valence-electron chi connectivity index (χ4n) is 0.790. The van der Waals surface area contributed by atoms with Gasteiger partial charge in [0.05, 0.1) is 11.0 Å². The van der Waals surface area contributed by atoms with Crippen LogP contribution in [0.15, 0.2) is 0 Å². The summed E-state index contributed by atoms with van der Waals surface area (Å²) in [5, 5.41) is 18.8. The maximum Gasteiger partial charge on any atom is 0.316 e. The molecule has 0 aliphatic rings. The third kappa shape index (κ3) is 8.10. The molecule has 0 radical (unpaired) electrons. The van der Waals surface area contributed by atoms with Crippen molar-refractivity contribution in [3.8, 4) is 0 Å². The lowest BCUT2D eigenvalue weighted by Gasteiger charge is -2.06. The first kappa shape index (κ1) is 14.8. The molecule has 1 amide bonds. The van der Waals surface area contributed by atoms with Crippen LogP contribution in [0.1, 0.15) is 19.8 Å². The predicted octanol–water partition coefficient (Wildman–Crippen LogP) is 0.174. The van der Waals surface area contributed by atoms with Crippen molar-refractivity contribution >= 4 is 29.6 Å². The van der Waals surface area contributed by atoms with Crippen molar-refractivity contribution in [1.29, 1.82) is 0 Å². The lowest BCUT2D eigenvalue weighted by atomic mass is 10.3. The molecule has 0 aromatic rings. The molecule has 3 N–H and O–H groups in total. The summed E-state index contributed by atoms with van der Waals surface area (Å²) in [6.45, 7) is 1.80. The van der Waals surface area contributed by atoms with Gasteiger partial charge in [-0.05, 0) is 13.3 Å². The minimum Gasteiger partial charge on any atom is -0.481 e. The van der Waals surface area contributed by atoms with Gasteiger partial charge in [0, 0.05) is 13.0 Å². The highest BCUT2D eigenvalue weighted by atomic mass is 32.2. The van der Waals surface area contributed by atoms with Crippen LogP contribution in [0.2, 0.25) is 0 Å². The lowest BCUT2D eigenvalue weighted by molar-refractivity contribution is -0.137. The van der Waals surface area contributed by atoms with Gasteiger partial charge in [0.2, 0.25) is 5.91 Å². The molecule has 0 aliphatic carbocycles. The number of rotatable bonds is 8. The van der Waals surface area contributed by atoms with Crippen LogP contribution in [0.3, 0.4) is 0 Å². The van der Waals surface area contributed by atoms with Gasteiger partial charge in [-0.25, -0.2) is 0 Å². The van der Waals surface area contributed by atoms with Crippen LogP contribution in [0, 0.1) is 0 Å². The molecule has 0 saturated carbocycles.